The number of aliphatic hydroxyl groups is 1. The summed E-state index contributed by atoms with van der Waals surface area (Å²) in [5.74, 6) is -0.220. The summed E-state index contributed by atoms with van der Waals surface area (Å²) in [4.78, 5) is 26.3. The van der Waals surface area contributed by atoms with E-state index in [1.165, 1.54) is 0 Å². The van der Waals surface area contributed by atoms with Gasteiger partial charge in [0.1, 0.15) is 0 Å². The van der Waals surface area contributed by atoms with Crippen LogP contribution in [0.25, 0.3) is 0 Å². The van der Waals surface area contributed by atoms with Gasteiger partial charge in [-0.05, 0) is 51.0 Å². The molecular formula is C18H26N2O3. The Morgan fingerprint density at radius 2 is 1.65 bits per heavy atom. The molecule has 5 nitrogen and oxygen atoms in total. The molecule has 23 heavy (non-hydrogen) atoms. The molecule has 0 heterocycles. The van der Waals surface area contributed by atoms with E-state index in [0.717, 1.165) is 25.7 Å². The average Bonchev–Trinajstić information content (AvgIpc) is 2.58. The number of hydrogen-bond acceptors (Lipinski definition) is 3. The van der Waals surface area contributed by atoms with Crippen LogP contribution in [0, 0.1) is 0 Å². The second-order valence-corrected chi connectivity index (χ2v) is 5.99. The molecule has 0 radical (unpaired) electrons. The molecule has 1 saturated carbocycles. The van der Waals surface area contributed by atoms with Gasteiger partial charge in [-0.2, -0.15) is 0 Å². The smallest absolute Gasteiger partial charge is 0.253 e. The molecule has 2 atom stereocenters. The zero-order valence-electron chi connectivity index (χ0n) is 13.9. The molecule has 1 aromatic carbocycles. The van der Waals surface area contributed by atoms with Crippen LogP contribution in [0.1, 0.15) is 60.2 Å². The third-order valence-corrected chi connectivity index (χ3v) is 4.49. The van der Waals surface area contributed by atoms with Crippen LogP contribution in [0.2, 0.25) is 0 Å². The SMILES string of the molecule is CCN(CC)C(=O)c1ccc(C(=O)NC2CCCCC2O)cc1. The minimum absolute atomic E-state index is 0.0235. The molecule has 0 spiro atoms. The molecule has 2 N–H and O–H groups in total. The van der Waals surface area contributed by atoms with Crippen molar-refractivity contribution >= 4 is 11.8 Å². The first kappa shape index (κ1) is 17.5. The highest BCUT2D eigenvalue weighted by Crippen LogP contribution is 2.19. The van der Waals surface area contributed by atoms with Crippen LogP contribution in [0.3, 0.4) is 0 Å². The highest BCUT2D eigenvalue weighted by molar-refractivity contribution is 5.97. The number of hydrogen-bond donors (Lipinski definition) is 2. The minimum Gasteiger partial charge on any atom is -0.391 e. The molecule has 0 saturated heterocycles. The molecule has 1 fully saturated rings. The first-order chi connectivity index (χ1) is 11.1. The van der Waals surface area contributed by atoms with Crippen LogP contribution < -0.4 is 5.32 Å². The van der Waals surface area contributed by atoms with E-state index in [4.69, 9.17) is 0 Å². The lowest BCUT2D eigenvalue weighted by molar-refractivity contribution is 0.0716. The van der Waals surface area contributed by atoms with E-state index in [0.29, 0.717) is 24.2 Å². The predicted molar refractivity (Wildman–Crippen MR) is 89.4 cm³/mol. The molecule has 2 rings (SSSR count). The molecule has 1 aromatic rings. The Morgan fingerprint density at radius 1 is 1.09 bits per heavy atom. The van der Waals surface area contributed by atoms with E-state index in [-0.39, 0.29) is 17.9 Å². The third kappa shape index (κ3) is 4.32. The number of aliphatic hydroxyl groups excluding tert-OH is 1. The number of amides is 2. The fourth-order valence-corrected chi connectivity index (χ4v) is 2.99. The number of nitrogens with one attached hydrogen (secondary N) is 1. The standard InChI is InChI=1S/C18H26N2O3/c1-3-20(4-2)18(23)14-11-9-13(10-12-14)17(22)19-15-7-5-6-8-16(15)21/h9-12,15-16,21H,3-8H2,1-2H3,(H,19,22). The Hall–Kier alpha value is -1.88. The molecular weight excluding hydrogens is 292 g/mol. The highest BCUT2D eigenvalue weighted by Gasteiger charge is 2.24. The number of carbonyl (C=O) groups is 2. The lowest BCUT2D eigenvalue weighted by atomic mass is 9.92. The van der Waals surface area contributed by atoms with Crippen LogP contribution in [0.15, 0.2) is 24.3 Å². The summed E-state index contributed by atoms with van der Waals surface area (Å²) in [6.07, 6.45) is 3.12. The van der Waals surface area contributed by atoms with Gasteiger partial charge in [-0.25, -0.2) is 0 Å². The summed E-state index contributed by atoms with van der Waals surface area (Å²) in [6.45, 7) is 5.21. The second kappa shape index (κ2) is 8.11. The lowest BCUT2D eigenvalue weighted by Crippen LogP contribution is -2.45. The largest absolute Gasteiger partial charge is 0.391 e. The Balaban J connectivity index is 2.01. The topological polar surface area (TPSA) is 69.6 Å². The Morgan fingerprint density at radius 3 is 2.22 bits per heavy atom. The maximum atomic E-state index is 12.3. The van der Waals surface area contributed by atoms with Crippen LogP contribution in [-0.2, 0) is 0 Å². The van der Waals surface area contributed by atoms with Gasteiger partial charge in [0, 0.05) is 24.2 Å². The zero-order chi connectivity index (χ0) is 16.8. The van der Waals surface area contributed by atoms with Gasteiger partial charge in [0.05, 0.1) is 12.1 Å². The molecule has 0 aromatic heterocycles. The van der Waals surface area contributed by atoms with Gasteiger partial charge in [0.15, 0.2) is 0 Å². The first-order valence-corrected chi connectivity index (χ1v) is 8.45. The molecule has 5 heteroatoms. The van der Waals surface area contributed by atoms with E-state index in [2.05, 4.69) is 5.32 Å². The van der Waals surface area contributed by atoms with Gasteiger partial charge in [0.2, 0.25) is 0 Å². The lowest BCUT2D eigenvalue weighted by Gasteiger charge is -2.28. The van der Waals surface area contributed by atoms with Crippen LogP contribution in [0.4, 0.5) is 0 Å². The van der Waals surface area contributed by atoms with Crippen molar-refractivity contribution in [1.82, 2.24) is 10.2 Å². The maximum Gasteiger partial charge on any atom is 0.253 e. The third-order valence-electron chi connectivity index (χ3n) is 4.49. The molecule has 1 aliphatic rings. The number of rotatable bonds is 5. The summed E-state index contributed by atoms with van der Waals surface area (Å²) in [5.41, 5.74) is 1.10. The van der Waals surface area contributed by atoms with Crippen LogP contribution >= 0.6 is 0 Å². The Bertz CT molecular complexity index is 538. The van der Waals surface area contributed by atoms with Crippen molar-refractivity contribution in [3.8, 4) is 0 Å². The summed E-state index contributed by atoms with van der Waals surface area (Å²) in [6, 6.07) is 6.54. The van der Waals surface area contributed by atoms with Gasteiger partial charge in [-0.1, -0.05) is 12.8 Å². The molecule has 0 aliphatic heterocycles. The fourth-order valence-electron chi connectivity index (χ4n) is 2.99. The van der Waals surface area contributed by atoms with Gasteiger partial charge < -0.3 is 15.3 Å². The van der Waals surface area contributed by atoms with E-state index < -0.39 is 6.10 Å². The number of carbonyl (C=O) groups excluding carboxylic acids is 2. The van der Waals surface area contributed by atoms with Crippen molar-refractivity contribution in [2.75, 3.05) is 13.1 Å². The molecule has 1 aliphatic carbocycles. The molecule has 126 valence electrons. The van der Waals surface area contributed by atoms with Crippen LogP contribution in [-0.4, -0.2) is 47.1 Å². The molecule has 2 amide bonds. The van der Waals surface area contributed by atoms with Gasteiger partial charge in [0.25, 0.3) is 11.8 Å². The van der Waals surface area contributed by atoms with Crippen molar-refractivity contribution in [3.63, 3.8) is 0 Å². The van der Waals surface area contributed by atoms with Gasteiger partial charge in [-0.15, -0.1) is 0 Å². The van der Waals surface area contributed by atoms with Gasteiger partial charge >= 0.3 is 0 Å². The summed E-state index contributed by atoms with van der Waals surface area (Å²) < 4.78 is 0. The minimum atomic E-state index is -0.462. The van der Waals surface area contributed by atoms with Crippen molar-refractivity contribution in [2.45, 2.75) is 51.7 Å². The molecule has 0 bridgehead atoms. The van der Waals surface area contributed by atoms with E-state index in [9.17, 15) is 14.7 Å². The maximum absolute atomic E-state index is 12.3. The zero-order valence-corrected chi connectivity index (χ0v) is 13.9. The van der Waals surface area contributed by atoms with E-state index >= 15 is 0 Å². The first-order valence-electron chi connectivity index (χ1n) is 8.45. The van der Waals surface area contributed by atoms with Crippen LogP contribution in [0.5, 0.6) is 0 Å². The Kier molecular flexibility index (Phi) is 6.16. The normalized spacial score (nSPS) is 20.8. The van der Waals surface area contributed by atoms with Crippen molar-refractivity contribution < 1.29 is 14.7 Å². The summed E-state index contributed by atoms with van der Waals surface area (Å²) in [7, 11) is 0. The monoisotopic (exact) mass is 318 g/mol. The van der Waals surface area contributed by atoms with E-state index in [1.807, 2.05) is 13.8 Å². The summed E-state index contributed by atoms with van der Waals surface area (Å²) >= 11 is 0. The number of nitrogens with zero attached hydrogens (tertiary/aromatic N) is 1. The predicted octanol–water partition coefficient (Wildman–Crippen LogP) is 2.20. The van der Waals surface area contributed by atoms with Crippen molar-refractivity contribution in [3.05, 3.63) is 35.4 Å². The molecule has 2 unspecified atom stereocenters. The fraction of sp³-hybridized carbons (Fsp3) is 0.556. The van der Waals surface area contributed by atoms with E-state index in [1.54, 1.807) is 29.2 Å². The van der Waals surface area contributed by atoms with Gasteiger partial charge in [-0.3, -0.25) is 9.59 Å². The quantitative estimate of drug-likeness (QED) is 0.874. The average molecular weight is 318 g/mol. The number of benzene rings is 1. The summed E-state index contributed by atoms with van der Waals surface area (Å²) in [5, 5.41) is 12.8. The Labute approximate surface area is 137 Å². The highest BCUT2D eigenvalue weighted by atomic mass is 16.3. The van der Waals surface area contributed by atoms with Crippen molar-refractivity contribution in [2.24, 2.45) is 0 Å². The second-order valence-electron chi connectivity index (χ2n) is 5.99. The van der Waals surface area contributed by atoms with Crippen molar-refractivity contribution in [1.29, 1.82) is 0 Å².